The second kappa shape index (κ2) is 11.2. The van der Waals surface area contributed by atoms with E-state index in [1.165, 1.54) is 11.6 Å². The lowest BCUT2D eigenvalue weighted by atomic mass is 10.1. The summed E-state index contributed by atoms with van der Waals surface area (Å²) in [5, 5.41) is 3.35. The number of benzene rings is 3. The largest absolute Gasteiger partial charge is 0.492 e. The Morgan fingerprint density at radius 2 is 1.51 bits per heavy atom. The van der Waals surface area contributed by atoms with E-state index in [0.29, 0.717) is 58.2 Å². The minimum Gasteiger partial charge on any atom is -0.492 e. The van der Waals surface area contributed by atoms with Crippen LogP contribution in [0.1, 0.15) is 29.8 Å². The van der Waals surface area contributed by atoms with Crippen molar-refractivity contribution in [2.24, 2.45) is 14.1 Å². The third kappa shape index (κ3) is 5.02. The summed E-state index contributed by atoms with van der Waals surface area (Å²) >= 11 is 0. The molecule has 0 aliphatic carbocycles. The van der Waals surface area contributed by atoms with Gasteiger partial charge in [-0.05, 0) is 38.5 Å². The Bertz CT molecular complexity index is 1870. The maximum absolute atomic E-state index is 13.5. The molecule has 2 aromatic heterocycles. The van der Waals surface area contributed by atoms with Crippen LogP contribution in [0.2, 0.25) is 0 Å². The number of ether oxygens (including phenoxy) is 2. The first kappa shape index (κ1) is 27.5. The SMILES string of the molecule is CCOc1cc(-n2cc3c(c2-c2ccc(C)cc2)c(=O)n(C)c(=O)n3C)c(OCC)cc1NC(=O)c1ccccc1. The van der Waals surface area contributed by atoms with Crippen molar-refractivity contribution in [1.29, 1.82) is 0 Å². The Morgan fingerprint density at radius 1 is 0.854 bits per heavy atom. The molecule has 5 aromatic rings. The summed E-state index contributed by atoms with van der Waals surface area (Å²) in [6.45, 7) is 6.44. The topological polar surface area (TPSA) is 96.5 Å². The summed E-state index contributed by atoms with van der Waals surface area (Å²) in [7, 11) is 3.12. The number of aromatic nitrogens is 3. The number of aryl methyl sites for hydroxylation is 2. The highest BCUT2D eigenvalue weighted by Gasteiger charge is 2.24. The molecule has 0 saturated heterocycles. The fourth-order valence-corrected chi connectivity index (χ4v) is 4.89. The Balaban J connectivity index is 1.80. The van der Waals surface area contributed by atoms with Crippen LogP contribution in [0.25, 0.3) is 27.8 Å². The van der Waals surface area contributed by atoms with Gasteiger partial charge in [0.1, 0.15) is 11.5 Å². The van der Waals surface area contributed by atoms with Crippen molar-refractivity contribution >= 4 is 22.5 Å². The molecule has 41 heavy (non-hydrogen) atoms. The van der Waals surface area contributed by atoms with Crippen molar-refractivity contribution < 1.29 is 14.3 Å². The predicted molar refractivity (Wildman–Crippen MR) is 161 cm³/mol. The van der Waals surface area contributed by atoms with Crippen LogP contribution >= 0.6 is 0 Å². The molecule has 1 N–H and O–H groups in total. The smallest absolute Gasteiger partial charge is 0.330 e. The maximum Gasteiger partial charge on any atom is 0.330 e. The number of carbonyl (C=O) groups is 1. The summed E-state index contributed by atoms with van der Waals surface area (Å²) < 4.78 is 16.5. The fourth-order valence-electron chi connectivity index (χ4n) is 4.89. The molecule has 0 radical (unpaired) electrons. The van der Waals surface area contributed by atoms with Gasteiger partial charge in [-0.1, -0.05) is 48.0 Å². The van der Waals surface area contributed by atoms with Crippen LogP contribution in [0, 0.1) is 6.92 Å². The van der Waals surface area contributed by atoms with E-state index < -0.39 is 11.2 Å². The molecule has 9 heteroatoms. The van der Waals surface area contributed by atoms with Crippen molar-refractivity contribution in [3.05, 3.63) is 105 Å². The third-order valence-corrected chi connectivity index (χ3v) is 6.97. The number of nitrogens with zero attached hydrogens (tertiary/aromatic N) is 3. The van der Waals surface area contributed by atoms with Gasteiger partial charge in [0.2, 0.25) is 0 Å². The number of hydrogen-bond acceptors (Lipinski definition) is 5. The first-order valence-corrected chi connectivity index (χ1v) is 13.4. The van der Waals surface area contributed by atoms with Gasteiger partial charge in [-0.15, -0.1) is 0 Å². The van der Waals surface area contributed by atoms with Crippen LogP contribution in [0.5, 0.6) is 11.5 Å². The summed E-state index contributed by atoms with van der Waals surface area (Å²) in [5.41, 5.74) is 3.69. The van der Waals surface area contributed by atoms with Gasteiger partial charge < -0.3 is 19.4 Å². The molecule has 0 bridgehead atoms. The van der Waals surface area contributed by atoms with Gasteiger partial charge >= 0.3 is 5.69 Å². The van der Waals surface area contributed by atoms with Crippen LogP contribution < -0.4 is 26.0 Å². The molecular weight excluding hydrogens is 520 g/mol. The van der Waals surface area contributed by atoms with Gasteiger partial charge in [0, 0.05) is 38.0 Å². The Labute approximate surface area is 237 Å². The average Bonchev–Trinajstić information content (AvgIpc) is 3.38. The van der Waals surface area contributed by atoms with Crippen LogP contribution in [0.4, 0.5) is 5.69 Å². The molecule has 0 saturated carbocycles. The molecule has 9 nitrogen and oxygen atoms in total. The van der Waals surface area contributed by atoms with E-state index >= 15 is 0 Å². The molecule has 5 rings (SSSR count). The summed E-state index contributed by atoms with van der Waals surface area (Å²) in [4.78, 5) is 39.4. The maximum atomic E-state index is 13.5. The third-order valence-electron chi connectivity index (χ3n) is 6.97. The van der Waals surface area contributed by atoms with Gasteiger partial charge in [0.05, 0.1) is 41.2 Å². The second-order valence-corrected chi connectivity index (χ2v) is 9.68. The van der Waals surface area contributed by atoms with E-state index in [4.69, 9.17) is 9.47 Å². The van der Waals surface area contributed by atoms with Gasteiger partial charge in [-0.3, -0.25) is 18.7 Å². The predicted octanol–water partition coefficient (Wildman–Crippen LogP) is 5.05. The minimum atomic E-state index is -0.422. The summed E-state index contributed by atoms with van der Waals surface area (Å²) in [5.74, 6) is 0.617. The van der Waals surface area contributed by atoms with Crippen molar-refractivity contribution in [2.45, 2.75) is 20.8 Å². The fraction of sp³-hybridized carbons (Fsp3) is 0.219. The number of amides is 1. The van der Waals surface area contributed by atoms with Crippen molar-refractivity contribution in [3.8, 4) is 28.4 Å². The molecule has 210 valence electrons. The molecule has 0 unspecified atom stereocenters. The monoisotopic (exact) mass is 552 g/mol. The number of fused-ring (bicyclic) bond motifs is 1. The number of nitrogens with one attached hydrogen (secondary N) is 1. The van der Waals surface area contributed by atoms with Crippen molar-refractivity contribution in [1.82, 2.24) is 13.7 Å². The molecule has 0 aliphatic rings. The lowest BCUT2D eigenvalue weighted by Crippen LogP contribution is -2.36. The molecule has 0 spiro atoms. The molecule has 1 amide bonds. The lowest BCUT2D eigenvalue weighted by Gasteiger charge is -2.19. The highest BCUT2D eigenvalue weighted by atomic mass is 16.5. The van der Waals surface area contributed by atoms with Crippen molar-refractivity contribution in [2.75, 3.05) is 18.5 Å². The zero-order chi connectivity index (χ0) is 29.3. The molecule has 3 aromatic carbocycles. The zero-order valence-electron chi connectivity index (χ0n) is 23.7. The van der Waals surface area contributed by atoms with E-state index in [1.54, 1.807) is 49.6 Å². The molecule has 2 heterocycles. The Kier molecular flexibility index (Phi) is 7.52. The van der Waals surface area contributed by atoms with E-state index in [2.05, 4.69) is 5.32 Å². The summed E-state index contributed by atoms with van der Waals surface area (Å²) in [6, 6.07) is 20.3. The van der Waals surface area contributed by atoms with E-state index in [-0.39, 0.29) is 5.91 Å². The molecular formula is C32H32N4O5. The van der Waals surface area contributed by atoms with Crippen molar-refractivity contribution in [3.63, 3.8) is 0 Å². The molecule has 0 fully saturated rings. The number of carbonyl (C=O) groups excluding carboxylic acids is 1. The number of anilines is 1. The molecule has 0 atom stereocenters. The van der Waals surface area contributed by atoms with Gasteiger partial charge in [0.15, 0.2) is 0 Å². The van der Waals surface area contributed by atoms with Crippen LogP contribution in [-0.2, 0) is 14.1 Å². The van der Waals surface area contributed by atoms with Gasteiger partial charge in [-0.25, -0.2) is 4.79 Å². The Morgan fingerprint density at radius 3 is 2.17 bits per heavy atom. The first-order chi connectivity index (χ1) is 19.7. The normalized spacial score (nSPS) is 11.0. The van der Waals surface area contributed by atoms with Crippen LogP contribution in [0.15, 0.2) is 82.5 Å². The Hall–Kier alpha value is -5.05. The zero-order valence-corrected chi connectivity index (χ0v) is 23.7. The minimum absolute atomic E-state index is 0.285. The van der Waals surface area contributed by atoms with E-state index in [1.807, 2.05) is 55.7 Å². The highest BCUT2D eigenvalue weighted by Crippen LogP contribution is 2.40. The second-order valence-electron chi connectivity index (χ2n) is 9.68. The number of rotatable bonds is 8. The van der Waals surface area contributed by atoms with Crippen LogP contribution in [0.3, 0.4) is 0 Å². The van der Waals surface area contributed by atoms with Gasteiger partial charge in [0.25, 0.3) is 11.5 Å². The quantitative estimate of drug-likeness (QED) is 0.291. The van der Waals surface area contributed by atoms with Gasteiger partial charge in [-0.2, -0.15) is 0 Å². The molecule has 0 aliphatic heterocycles. The standard InChI is InChI=1S/C32H32N4O5/c1-6-40-26-18-24(27(41-7-2)17-23(26)33-30(37)22-11-9-8-10-12-22)36-19-25-28(31(38)35(5)32(39)34(25)4)29(36)21-15-13-20(3)14-16-21/h8-19H,6-7H2,1-5H3,(H,33,37). The number of hydrogen-bond donors (Lipinski definition) is 1. The van der Waals surface area contributed by atoms with E-state index in [0.717, 1.165) is 15.7 Å². The van der Waals surface area contributed by atoms with E-state index in [9.17, 15) is 14.4 Å². The summed E-state index contributed by atoms with van der Waals surface area (Å²) in [6.07, 6.45) is 1.77. The van der Waals surface area contributed by atoms with Crippen LogP contribution in [-0.4, -0.2) is 32.8 Å². The average molecular weight is 553 g/mol. The highest BCUT2D eigenvalue weighted by molar-refractivity contribution is 6.05. The first-order valence-electron chi connectivity index (χ1n) is 13.4. The lowest BCUT2D eigenvalue weighted by molar-refractivity contribution is 0.102.